The molecule has 1 aromatic heterocycles. The molecule has 0 N–H and O–H groups in total. The summed E-state index contributed by atoms with van der Waals surface area (Å²) in [4.78, 5) is 13.3. The molecule has 1 saturated heterocycles. The van der Waals surface area contributed by atoms with Crippen molar-refractivity contribution >= 4 is 28.7 Å². The van der Waals surface area contributed by atoms with Crippen molar-refractivity contribution in [3.63, 3.8) is 0 Å². The van der Waals surface area contributed by atoms with Gasteiger partial charge in [0, 0.05) is 22.9 Å². The normalized spacial score (nSPS) is 26.3. The van der Waals surface area contributed by atoms with Gasteiger partial charge < -0.3 is 4.90 Å². The number of aliphatic imine (C=N–C) groups is 1. The van der Waals surface area contributed by atoms with Crippen LogP contribution in [0.1, 0.15) is 30.3 Å². The molecular formula is C18H19N3S2. The standard InChI is InChI=1S/C18H19N3S2/c1-12-11-21-17(13-6-8-14(22-2)9-7-13)16(20-18(21)23-12)15-5-3-4-10-19-15/h3-10,12,16-17H,11H2,1-2H3/t12-,16-,17-/m0/s1. The number of pyridine rings is 1. The second-order valence-electron chi connectivity index (χ2n) is 5.91. The van der Waals surface area contributed by atoms with E-state index in [4.69, 9.17) is 4.99 Å². The maximum absolute atomic E-state index is 5.01. The fraction of sp³-hybridized carbons (Fsp3) is 0.333. The zero-order chi connectivity index (χ0) is 15.8. The zero-order valence-corrected chi connectivity index (χ0v) is 14.8. The van der Waals surface area contributed by atoms with Crippen LogP contribution in [-0.4, -0.2) is 33.1 Å². The van der Waals surface area contributed by atoms with Gasteiger partial charge in [0.25, 0.3) is 0 Å². The molecule has 118 valence electrons. The summed E-state index contributed by atoms with van der Waals surface area (Å²) in [6.07, 6.45) is 3.98. The van der Waals surface area contributed by atoms with Gasteiger partial charge in [0.2, 0.25) is 0 Å². The van der Waals surface area contributed by atoms with Gasteiger partial charge in [-0.1, -0.05) is 36.9 Å². The predicted molar refractivity (Wildman–Crippen MR) is 99.1 cm³/mol. The van der Waals surface area contributed by atoms with Gasteiger partial charge >= 0.3 is 0 Å². The Morgan fingerprint density at radius 3 is 2.70 bits per heavy atom. The minimum absolute atomic E-state index is 0.0892. The number of rotatable bonds is 3. The molecule has 3 heterocycles. The smallest absolute Gasteiger partial charge is 0.160 e. The van der Waals surface area contributed by atoms with E-state index in [0.717, 1.165) is 12.2 Å². The van der Waals surface area contributed by atoms with Gasteiger partial charge in [-0.25, -0.2) is 0 Å². The monoisotopic (exact) mass is 341 g/mol. The number of aromatic nitrogens is 1. The highest BCUT2D eigenvalue weighted by molar-refractivity contribution is 8.14. The summed E-state index contributed by atoms with van der Waals surface area (Å²) in [6, 6.07) is 15.4. The first-order valence-electron chi connectivity index (χ1n) is 7.82. The summed E-state index contributed by atoms with van der Waals surface area (Å²) in [5, 5.41) is 1.78. The summed E-state index contributed by atoms with van der Waals surface area (Å²) in [7, 11) is 0. The Balaban J connectivity index is 1.74. The van der Waals surface area contributed by atoms with Crippen LogP contribution in [0.4, 0.5) is 0 Å². The Hall–Kier alpha value is -1.46. The lowest BCUT2D eigenvalue weighted by Crippen LogP contribution is -2.28. The van der Waals surface area contributed by atoms with Crippen LogP contribution in [0.2, 0.25) is 0 Å². The lowest BCUT2D eigenvalue weighted by Gasteiger charge is -2.27. The first-order valence-corrected chi connectivity index (χ1v) is 9.92. The molecule has 1 aromatic carbocycles. The zero-order valence-electron chi connectivity index (χ0n) is 13.2. The number of hydrogen-bond donors (Lipinski definition) is 0. The van der Waals surface area contributed by atoms with Crippen molar-refractivity contribution in [2.75, 3.05) is 12.8 Å². The van der Waals surface area contributed by atoms with Crippen LogP contribution in [-0.2, 0) is 0 Å². The molecule has 0 aliphatic carbocycles. The molecule has 0 radical (unpaired) electrons. The van der Waals surface area contributed by atoms with Crippen molar-refractivity contribution < 1.29 is 0 Å². The van der Waals surface area contributed by atoms with E-state index in [1.807, 2.05) is 24.0 Å². The molecular weight excluding hydrogens is 322 g/mol. The van der Waals surface area contributed by atoms with Gasteiger partial charge in [-0.2, -0.15) is 0 Å². The van der Waals surface area contributed by atoms with E-state index in [-0.39, 0.29) is 12.1 Å². The summed E-state index contributed by atoms with van der Waals surface area (Å²) >= 11 is 3.66. The molecule has 0 saturated carbocycles. The fourth-order valence-corrected chi connectivity index (χ4v) is 4.78. The quantitative estimate of drug-likeness (QED) is 0.774. The Labute approximate surface area is 145 Å². The second-order valence-corrected chi connectivity index (χ2v) is 8.20. The van der Waals surface area contributed by atoms with E-state index in [9.17, 15) is 0 Å². The van der Waals surface area contributed by atoms with E-state index in [0.29, 0.717) is 5.25 Å². The highest BCUT2D eigenvalue weighted by Gasteiger charge is 2.43. The van der Waals surface area contributed by atoms with E-state index >= 15 is 0 Å². The maximum Gasteiger partial charge on any atom is 0.160 e. The van der Waals surface area contributed by atoms with Gasteiger partial charge in [-0.05, 0) is 36.1 Å². The van der Waals surface area contributed by atoms with Crippen molar-refractivity contribution in [3.05, 3.63) is 59.9 Å². The van der Waals surface area contributed by atoms with Crippen LogP contribution in [0.25, 0.3) is 0 Å². The number of amidine groups is 1. The topological polar surface area (TPSA) is 28.5 Å². The summed E-state index contributed by atoms with van der Waals surface area (Å²) in [5.41, 5.74) is 2.38. The third-order valence-corrected chi connectivity index (χ3v) is 6.18. The Morgan fingerprint density at radius 1 is 1.17 bits per heavy atom. The number of hydrogen-bond acceptors (Lipinski definition) is 5. The van der Waals surface area contributed by atoms with Crippen LogP contribution in [0.15, 0.2) is 58.5 Å². The number of benzene rings is 1. The SMILES string of the molecule is CSc1ccc([C@H]2[C@H](c3ccccn3)N=C3S[C@@H](C)CN32)cc1. The minimum atomic E-state index is 0.0892. The lowest BCUT2D eigenvalue weighted by molar-refractivity contribution is 0.321. The van der Waals surface area contributed by atoms with Crippen LogP contribution in [0, 0.1) is 0 Å². The highest BCUT2D eigenvalue weighted by atomic mass is 32.2. The Kier molecular flexibility index (Phi) is 4.07. The summed E-state index contributed by atoms with van der Waals surface area (Å²) in [6.45, 7) is 3.33. The molecule has 3 atom stereocenters. The number of thioether (sulfide) groups is 2. The van der Waals surface area contributed by atoms with Crippen molar-refractivity contribution in [3.8, 4) is 0 Å². The van der Waals surface area contributed by atoms with Gasteiger partial charge in [0.05, 0.1) is 11.7 Å². The Bertz CT molecular complexity index is 715. The molecule has 0 amide bonds. The van der Waals surface area contributed by atoms with Crippen LogP contribution in [0.5, 0.6) is 0 Å². The second kappa shape index (κ2) is 6.21. The largest absolute Gasteiger partial charge is 0.341 e. The molecule has 0 bridgehead atoms. The first kappa shape index (κ1) is 15.1. The van der Waals surface area contributed by atoms with Crippen molar-refractivity contribution in [2.45, 2.75) is 29.2 Å². The number of nitrogens with zero attached hydrogens (tertiary/aromatic N) is 3. The third-order valence-electron chi connectivity index (χ3n) is 4.34. The van der Waals surface area contributed by atoms with E-state index < -0.39 is 0 Å². The summed E-state index contributed by atoms with van der Waals surface area (Å²) < 4.78 is 0. The average Bonchev–Trinajstić information content (AvgIpc) is 3.11. The number of fused-ring (bicyclic) bond motifs is 1. The predicted octanol–water partition coefficient (Wildman–Crippen LogP) is 4.39. The molecule has 3 nitrogen and oxygen atoms in total. The first-order chi connectivity index (χ1) is 11.3. The van der Waals surface area contributed by atoms with Gasteiger partial charge in [0.1, 0.15) is 6.04 Å². The molecule has 2 aliphatic rings. The van der Waals surface area contributed by atoms with Gasteiger partial charge in [-0.3, -0.25) is 9.98 Å². The highest BCUT2D eigenvalue weighted by Crippen LogP contribution is 2.47. The van der Waals surface area contributed by atoms with Crippen molar-refractivity contribution in [1.82, 2.24) is 9.88 Å². The average molecular weight is 342 g/mol. The lowest BCUT2D eigenvalue weighted by atomic mass is 9.96. The van der Waals surface area contributed by atoms with E-state index in [1.54, 1.807) is 11.8 Å². The summed E-state index contributed by atoms with van der Waals surface area (Å²) in [5.74, 6) is 0. The van der Waals surface area contributed by atoms with E-state index in [2.05, 4.69) is 59.5 Å². The molecule has 23 heavy (non-hydrogen) atoms. The van der Waals surface area contributed by atoms with Crippen LogP contribution in [0.3, 0.4) is 0 Å². The molecule has 0 unspecified atom stereocenters. The van der Waals surface area contributed by atoms with E-state index in [1.165, 1.54) is 15.6 Å². The van der Waals surface area contributed by atoms with Crippen LogP contribution >= 0.6 is 23.5 Å². The molecule has 2 aromatic rings. The van der Waals surface area contributed by atoms with Crippen molar-refractivity contribution in [2.24, 2.45) is 4.99 Å². The third kappa shape index (κ3) is 2.76. The molecule has 2 aliphatic heterocycles. The Morgan fingerprint density at radius 2 is 2.00 bits per heavy atom. The molecule has 5 heteroatoms. The molecule has 4 rings (SSSR count). The van der Waals surface area contributed by atoms with Crippen LogP contribution < -0.4 is 0 Å². The van der Waals surface area contributed by atoms with Gasteiger partial charge in [-0.15, -0.1) is 11.8 Å². The van der Waals surface area contributed by atoms with Crippen molar-refractivity contribution in [1.29, 1.82) is 0 Å². The van der Waals surface area contributed by atoms with Gasteiger partial charge in [0.15, 0.2) is 5.17 Å². The fourth-order valence-electron chi connectivity index (χ4n) is 3.28. The molecule has 0 spiro atoms. The maximum atomic E-state index is 5.01. The minimum Gasteiger partial charge on any atom is -0.341 e. The molecule has 1 fully saturated rings.